The van der Waals surface area contributed by atoms with Gasteiger partial charge >= 0.3 is 5.97 Å². The van der Waals surface area contributed by atoms with Crippen LogP contribution in [0.4, 0.5) is 5.82 Å². The molecule has 2 aromatic rings. The third kappa shape index (κ3) is 4.75. The molecule has 0 aromatic carbocycles. The van der Waals surface area contributed by atoms with Crippen molar-refractivity contribution in [2.24, 2.45) is 0 Å². The highest BCUT2D eigenvalue weighted by molar-refractivity contribution is 7.20. The number of carbonyl (C=O) groups excluding carboxylic acids is 1. The van der Waals surface area contributed by atoms with Crippen molar-refractivity contribution >= 4 is 33.3 Å². The van der Waals surface area contributed by atoms with E-state index in [0.29, 0.717) is 11.5 Å². The van der Waals surface area contributed by atoms with Crippen LogP contribution in [0.3, 0.4) is 0 Å². The first-order valence-electron chi connectivity index (χ1n) is 9.52. The second-order valence-electron chi connectivity index (χ2n) is 6.98. The van der Waals surface area contributed by atoms with Crippen molar-refractivity contribution in [3.8, 4) is 0 Å². The van der Waals surface area contributed by atoms with E-state index in [1.807, 2.05) is 13.8 Å². The second-order valence-corrected chi connectivity index (χ2v) is 7.98. The van der Waals surface area contributed by atoms with Crippen molar-refractivity contribution in [1.82, 2.24) is 14.9 Å². The number of ether oxygens (including phenoxy) is 2. The van der Waals surface area contributed by atoms with Crippen molar-refractivity contribution in [2.75, 3.05) is 38.1 Å². The van der Waals surface area contributed by atoms with Crippen LogP contribution in [0.15, 0.2) is 6.33 Å². The predicted octanol–water partition coefficient (Wildman–Crippen LogP) is 3.09. The molecule has 0 saturated carbocycles. The van der Waals surface area contributed by atoms with Crippen molar-refractivity contribution in [3.63, 3.8) is 0 Å². The molecule has 2 unspecified atom stereocenters. The van der Waals surface area contributed by atoms with Gasteiger partial charge in [0.25, 0.3) is 0 Å². The molecule has 1 aliphatic rings. The first kappa shape index (κ1) is 20.0. The van der Waals surface area contributed by atoms with Gasteiger partial charge in [-0.15, -0.1) is 11.3 Å². The number of hydrogen-bond donors (Lipinski definition) is 1. The monoisotopic (exact) mass is 392 g/mol. The average Bonchev–Trinajstić information content (AvgIpc) is 2.96. The van der Waals surface area contributed by atoms with E-state index in [2.05, 4.69) is 34.0 Å². The third-order valence-corrected chi connectivity index (χ3v) is 5.81. The van der Waals surface area contributed by atoms with Crippen molar-refractivity contribution < 1.29 is 14.3 Å². The quantitative estimate of drug-likeness (QED) is 0.573. The predicted molar refractivity (Wildman–Crippen MR) is 108 cm³/mol. The molecule has 0 spiro atoms. The van der Waals surface area contributed by atoms with Gasteiger partial charge < -0.3 is 14.8 Å². The van der Waals surface area contributed by atoms with Crippen LogP contribution in [-0.2, 0) is 9.47 Å². The van der Waals surface area contributed by atoms with Gasteiger partial charge in [0.15, 0.2) is 0 Å². The summed E-state index contributed by atoms with van der Waals surface area (Å²) in [6, 6.07) is 0. The molecule has 0 radical (unpaired) electrons. The van der Waals surface area contributed by atoms with E-state index in [-0.39, 0.29) is 18.2 Å². The number of esters is 1. The number of rotatable bonds is 7. The largest absolute Gasteiger partial charge is 0.462 e. The molecule has 1 N–H and O–H groups in total. The molecule has 8 heteroatoms. The SMILES string of the molecule is CCOC(=O)c1sc2ncnc(NCCCN3CC(C)OC(C)C3)c2c1C. The Balaban J connectivity index is 1.62. The fraction of sp³-hybridized carbons (Fsp3) is 0.632. The Morgan fingerprint density at radius 3 is 2.81 bits per heavy atom. The van der Waals surface area contributed by atoms with Gasteiger partial charge in [0, 0.05) is 26.2 Å². The Kier molecular flexibility index (Phi) is 6.62. The number of nitrogens with zero attached hydrogens (tertiary/aromatic N) is 3. The van der Waals surface area contributed by atoms with Gasteiger partial charge in [0.1, 0.15) is 21.9 Å². The summed E-state index contributed by atoms with van der Waals surface area (Å²) >= 11 is 1.36. The Morgan fingerprint density at radius 1 is 1.37 bits per heavy atom. The summed E-state index contributed by atoms with van der Waals surface area (Å²) < 4.78 is 10.9. The fourth-order valence-electron chi connectivity index (χ4n) is 3.57. The highest BCUT2D eigenvalue weighted by atomic mass is 32.1. The molecule has 1 fully saturated rings. The lowest BCUT2D eigenvalue weighted by molar-refractivity contribution is -0.0678. The van der Waals surface area contributed by atoms with E-state index in [1.54, 1.807) is 6.33 Å². The molecule has 1 aliphatic heterocycles. The van der Waals surface area contributed by atoms with Gasteiger partial charge in [0.2, 0.25) is 0 Å². The number of hydrogen-bond acceptors (Lipinski definition) is 8. The normalized spacial score (nSPS) is 20.7. The molecular formula is C19H28N4O3S. The van der Waals surface area contributed by atoms with E-state index in [4.69, 9.17) is 9.47 Å². The summed E-state index contributed by atoms with van der Waals surface area (Å²) in [5, 5.41) is 4.34. The number of morpholine rings is 1. The number of aromatic nitrogens is 2. The molecule has 2 atom stereocenters. The van der Waals surface area contributed by atoms with Crippen molar-refractivity contribution in [2.45, 2.75) is 46.3 Å². The second kappa shape index (κ2) is 8.95. The third-order valence-electron chi connectivity index (χ3n) is 4.63. The highest BCUT2D eigenvalue weighted by Gasteiger charge is 2.22. The summed E-state index contributed by atoms with van der Waals surface area (Å²) in [7, 11) is 0. The zero-order chi connectivity index (χ0) is 19.4. The smallest absolute Gasteiger partial charge is 0.348 e. The molecule has 2 aromatic heterocycles. The molecule has 27 heavy (non-hydrogen) atoms. The van der Waals surface area contributed by atoms with Crippen LogP contribution < -0.4 is 5.32 Å². The topological polar surface area (TPSA) is 76.6 Å². The van der Waals surface area contributed by atoms with Crippen LogP contribution >= 0.6 is 11.3 Å². The number of thiophene rings is 1. The number of anilines is 1. The van der Waals surface area contributed by atoms with Crippen LogP contribution in [0.25, 0.3) is 10.2 Å². The zero-order valence-corrected chi connectivity index (χ0v) is 17.3. The standard InChI is InChI=1S/C19H28N4O3S/c1-5-25-19(24)16-14(4)15-17(21-11-22-18(15)27-16)20-7-6-8-23-9-12(2)26-13(3)10-23/h11-13H,5-10H2,1-4H3,(H,20,21,22). The molecule has 0 aliphatic carbocycles. The van der Waals surface area contributed by atoms with Crippen LogP contribution in [0.1, 0.15) is 42.4 Å². The molecule has 0 amide bonds. The summed E-state index contributed by atoms with van der Waals surface area (Å²) in [6.45, 7) is 12.1. The van der Waals surface area contributed by atoms with Gasteiger partial charge in [-0.25, -0.2) is 14.8 Å². The maximum absolute atomic E-state index is 12.1. The van der Waals surface area contributed by atoms with Gasteiger partial charge in [-0.3, -0.25) is 4.90 Å². The molecule has 1 saturated heterocycles. The summed E-state index contributed by atoms with van der Waals surface area (Å²) in [4.78, 5) is 24.7. The average molecular weight is 393 g/mol. The van der Waals surface area contributed by atoms with Crippen molar-refractivity contribution in [3.05, 3.63) is 16.8 Å². The van der Waals surface area contributed by atoms with E-state index in [1.165, 1.54) is 11.3 Å². The van der Waals surface area contributed by atoms with Gasteiger partial charge in [-0.05, 0) is 39.7 Å². The Morgan fingerprint density at radius 2 is 2.11 bits per heavy atom. The van der Waals surface area contributed by atoms with E-state index < -0.39 is 0 Å². The Labute approximate surface area is 164 Å². The number of nitrogens with one attached hydrogen (secondary N) is 1. The highest BCUT2D eigenvalue weighted by Crippen LogP contribution is 2.33. The molecule has 0 bridgehead atoms. The number of carbonyl (C=O) groups is 1. The first-order valence-corrected chi connectivity index (χ1v) is 10.3. The molecule has 148 valence electrons. The molecular weight excluding hydrogens is 364 g/mol. The lowest BCUT2D eigenvalue weighted by Gasteiger charge is -2.35. The van der Waals surface area contributed by atoms with Crippen LogP contribution in [-0.4, -0.2) is 65.8 Å². The minimum absolute atomic E-state index is 0.290. The first-order chi connectivity index (χ1) is 13.0. The summed E-state index contributed by atoms with van der Waals surface area (Å²) in [5.74, 6) is 0.493. The number of aryl methyl sites for hydroxylation is 1. The fourth-order valence-corrected chi connectivity index (χ4v) is 4.62. The minimum atomic E-state index is -0.292. The zero-order valence-electron chi connectivity index (χ0n) is 16.4. The molecule has 3 heterocycles. The lowest BCUT2D eigenvalue weighted by Crippen LogP contribution is -2.45. The Bertz CT molecular complexity index is 785. The summed E-state index contributed by atoms with van der Waals surface area (Å²) in [5.41, 5.74) is 0.882. The lowest BCUT2D eigenvalue weighted by atomic mass is 10.2. The van der Waals surface area contributed by atoms with Gasteiger partial charge in [-0.1, -0.05) is 0 Å². The van der Waals surface area contributed by atoms with E-state index >= 15 is 0 Å². The van der Waals surface area contributed by atoms with E-state index in [9.17, 15) is 4.79 Å². The number of fused-ring (bicyclic) bond motifs is 1. The van der Waals surface area contributed by atoms with Crippen LogP contribution in [0.2, 0.25) is 0 Å². The molecule has 3 rings (SSSR count). The Hall–Kier alpha value is -1.77. The maximum Gasteiger partial charge on any atom is 0.348 e. The minimum Gasteiger partial charge on any atom is -0.462 e. The van der Waals surface area contributed by atoms with Crippen molar-refractivity contribution in [1.29, 1.82) is 0 Å². The summed E-state index contributed by atoms with van der Waals surface area (Å²) in [6.07, 6.45) is 3.13. The maximum atomic E-state index is 12.1. The van der Waals surface area contributed by atoms with Gasteiger partial charge in [-0.2, -0.15) is 0 Å². The van der Waals surface area contributed by atoms with Crippen LogP contribution in [0.5, 0.6) is 0 Å². The molecule has 7 nitrogen and oxygen atoms in total. The van der Waals surface area contributed by atoms with E-state index in [0.717, 1.165) is 54.2 Å². The van der Waals surface area contributed by atoms with Crippen LogP contribution in [0, 0.1) is 6.92 Å². The van der Waals surface area contributed by atoms with Gasteiger partial charge in [0.05, 0.1) is 24.2 Å².